The summed E-state index contributed by atoms with van der Waals surface area (Å²) < 4.78 is 17.3. The summed E-state index contributed by atoms with van der Waals surface area (Å²) in [7, 11) is 2.71. The highest BCUT2D eigenvalue weighted by Gasteiger charge is 2.56. The van der Waals surface area contributed by atoms with Crippen LogP contribution in [0.15, 0.2) is 35.2 Å². The van der Waals surface area contributed by atoms with Gasteiger partial charge in [0, 0.05) is 24.4 Å². The Morgan fingerprint density at radius 3 is 2.48 bits per heavy atom. The first kappa shape index (κ1) is 30.2. The Balaban J connectivity index is 1.74. The number of carbonyl (C=O) groups is 3. The summed E-state index contributed by atoms with van der Waals surface area (Å²) in [5.74, 6) is 4.36. The van der Waals surface area contributed by atoms with E-state index in [0.717, 1.165) is 28.0 Å². The predicted octanol–water partition coefficient (Wildman–Crippen LogP) is 3.77. The van der Waals surface area contributed by atoms with Crippen molar-refractivity contribution in [2.24, 2.45) is 0 Å². The third kappa shape index (κ3) is 4.86. The molecule has 10 heteroatoms. The van der Waals surface area contributed by atoms with Crippen molar-refractivity contribution in [1.82, 2.24) is 10.8 Å². The molecule has 2 aliphatic rings. The standard InChI is InChI=1S/C32H34N2O8/c1-9-10-11-41-23-12-16(2)20(17(3)18(23)4)15-33-31(38)27-24(39-7)13-22(36)28-29(27)42-25-14-21(35)26(19(5)34-40-8)30(37)32(25,28)6/h12-14,34,36H,11,15H2,1-8H3,(H,33,38)/t32-/m1/s1. The lowest BCUT2D eigenvalue weighted by atomic mass is 9.70. The molecule has 0 bridgehead atoms. The van der Waals surface area contributed by atoms with E-state index in [0.29, 0.717) is 0 Å². The molecular weight excluding hydrogens is 540 g/mol. The molecule has 0 spiro atoms. The number of Topliss-reactive ketones (excluding diaryl/α,β-unsaturated/α-hetero) is 1. The van der Waals surface area contributed by atoms with E-state index in [4.69, 9.17) is 19.0 Å². The number of aryl methyl sites for hydroxylation is 1. The molecule has 0 fully saturated rings. The zero-order valence-electron chi connectivity index (χ0n) is 25.0. The van der Waals surface area contributed by atoms with E-state index in [1.807, 2.05) is 26.8 Å². The molecule has 1 aliphatic heterocycles. The van der Waals surface area contributed by atoms with Crippen LogP contribution in [0, 0.1) is 32.6 Å². The SMILES string of the molecule is CC#CCOc1cc(C)c(CNC(=O)c2c(OC)cc(O)c3c2OC2=CC(=O)C(=C(C)NOC)C(=O)[C@]23C)c(C)c1C. The predicted molar refractivity (Wildman–Crippen MR) is 154 cm³/mol. The third-order valence-electron chi connectivity index (χ3n) is 7.81. The van der Waals surface area contributed by atoms with E-state index in [-0.39, 0.29) is 58.6 Å². The van der Waals surface area contributed by atoms with Gasteiger partial charge in [-0.2, -0.15) is 0 Å². The van der Waals surface area contributed by atoms with Gasteiger partial charge in [0.2, 0.25) is 0 Å². The van der Waals surface area contributed by atoms with Crippen LogP contribution in [0.1, 0.15) is 58.9 Å². The van der Waals surface area contributed by atoms with Crippen molar-refractivity contribution in [1.29, 1.82) is 0 Å². The molecule has 42 heavy (non-hydrogen) atoms. The lowest BCUT2D eigenvalue weighted by Crippen LogP contribution is -2.41. The second kappa shape index (κ2) is 11.6. The number of ketones is 2. The minimum atomic E-state index is -1.57. The van der Waals surface area contributed by atoms with Crippen LogP contribution in [0.4, 0.5) is 0 Å². The van der Waals surface area contributed by atoms with Crippen molar-refractivity contribution in [2.75, 3.05) is 20.8 Å². The fourth-order valence-corrected chi connectivity index (χ4v) is 5.39. The fourth-order valence-electron chi connectivity index (χ4n) is 5.39. The molecule has 1 heterocycles. The van der Waals surface area contributed by atoms with E-state index in [9.17, 15) is 19.5 Å². The van der Waals surface area contributed by atoms with Crippen LogP contribution >= 0.6 is 0 Å². The molecule has 1 aliphatic carbocycles. The minimum absolute atomic E-state index is 0.00438. The van der Waals surface area contributed by atoms with E-state index in [1.54, 1.807) is 13.8 Å². The number of carbonyl (C=O) groups excluding carboxylic acids is 3. The molecule has 0 radical (unpaired) electrons. The van der Waals surface area contributed by atoms with Crippen LogP contribution in [-0.2, 0) is 26.4 Å². The summed E-state index contributed by atoms with van der Waals surface area (Å²) in [4.78, 5) is 45.3. The Morgan fingerprint density at radius 2 is 1.83 bits per heavy atom. The number of ether oxygens (including phenoxy) is 3. The number of fused-ring (bicyclic) bond motifs is 3. The smallest absolute Gasteiger partial charge is 0.259 e. The van der Waals surface area contributed by atoms with E-state index in [2.05, 4.69) is 22.6 Å². The highest BCUT2D eigenvalue weighted by Crippen LogP contribution is 2.56. The topological polar surface area (TPSA) is 132 Å². The largest absolute Gasteiger partial charge is 0.507 e. The maximum atomic E-state index is 13.8. The molecule has 0 saturated carbocycles. The number of allylic oxidation sites excluding steroid dienone is 4. The average Bonchev–Trinajstić information content (AvgIpc) is 3.24. The maximum Gasteiger partial charge on any atom is 0.259 e. The zero-order valence-corrected chi connectivity index (χ0v) is 25.0. The lowest BCUT2D eigenvalue weighted by molar-refractivity contribution is -0.123. The van der Waals surface area contributed by atoms with Gasteiger partial charge in [0.25, 0.3) is 5.91 Å². The van der Waals surface area contributed by atoms with Crippen LogP contribution in [0.2, 0.25) is 0 Å². The molecule has 3 N–H and O–H groups in total. The Morgan fingerprint density at radius 1 is 1.12 bits per heavy atom. The molecule has 0 saturated heterocycles. The number of methoxy groups -OCH3 is 1. The number of hydrogen-bond donors (Lipinski definition) is 3. The third-order valence-corrected chi connectivity index (χ3v) is 7.81. The number of hydrogen-bond acceptors (Lipinski definition) is 9. The molecule has 0 unspecified atom stereocenters. The highest BCUT2D eigenvalue weighted by molar-refractivity contribution is 6.31. The van der Waals surface area contributed by atoms with Crippen LogP contribution in [0.5, 0.6) is 23.0 Å². The first-order valence-electron chi connectivity index (χ1n) is 13.3. The lowest BCUT2D eigenvalue weighted by Gasteiger charge is -2.28. The van der Waals surface area contributed by atoms with Crippen molar-refractivity contribution in [3.8, 4) is 34.8 Å². The Kier molecular flexibility index (Phi) is 8.36. The molecule has 2 aromatic carbocycles. The average molecular weight is 575 g/mol. The molecule has 220 valence electrons. The van der Waals surface area contributed by atoms with Crippen molar-refractivity contribution in [3.63, 3.8) is 0 Å². The van der Waals surface area contributed by atoms with Crippen LogP contribution in [0.3, 0.4) is 0 Å². The van der Waals surface area contributed by atoms with Gasteiger partial charge in [-0.05, 0) is 69.9 Å². The first-order chi connectivity index (χ1) is 19.9. The Bertz CT molecular complexity index is 1640. The van der Waals surface area contributed by atoms with Gasteiger partial charge in [0.15, 0.2) is 17.3 Å². The van der Waals surface area contributed by atoms with Gasteiger partial charge in [-0.15, -0.1) is 5.92 Å². The van der Waals surface area contributed by atoms with Gasteiger partial charge >= 0.3 is 0 Å². The Labute approximate surface area is 244 Å². The van der Waals surface area contributed by atoms with Crippen molar-refractivity contribution >= 4 is 17.5 Å². The summed E-state index contributed by atoms with van der Waals surface area (Å²) in [5.41, 5.74) is 4.81. The van der Waals surface area contributed by atoms with Crippen molar-refractivity contribution in [2.45, 2.75) is 53.5 Å². The van der Waals surface area contributed by atoms with Gasteiger partial charge in [-0.25, -0.2) is 0 Å². The molecule has 2 aromatic rings. The summed E-state index contributed by atoms with van der Waals surface area (Å²) in [6.45, 7) is 11.1. The maximum absolute atomic E-state index is 13.8. The number of amides is 1. The quantitative estimate of drug-likeness (QED) is 0.187. The molecule has 1 atom stereocenters. The summed E-state index contributed by atoms with van der Waals surface area (Å²) >= 11 is 0. The van der Waals surface area contributed by atoms with E-state index in [1.165, 1.54) is 33.3 Å². The number of benzene rings is 2. The second-order valence-corrected chi connectivity index (χ2v) is 10.2. The first-order valence-corrected chi connectivity index (χ1v) is 13.3. The van der Waals surface area contributed by atoms with Crippen molar-refractivity contribution < 1.29 is 38.5 Å². The van der Waals surface area contributed by atoms with E-state index >= 15 is 0 Å². The molecule has 0 aromatic heterocycles. The number of aromatic hydroxyl groups is 1. The second-order valence-electron chi connectivity index (χ2n) is 10.2. The van der Waals surface area contributed by atoms with Crippen LogP contribution in [-0.4, -0.2) is 43.4 Å². The van der Waals surface area contributed by atoms with Gasteiger partial charge in [-0.1, -0.05) is 5.92 Å². The monoisotopic (exact) mass is 574 g/mol. The fraction of sp³-hybridized carbons (Fsp3) is 0.344. The summed E-state index contributed by atoms with van der Waals surface area (Å²) in [6.07, 6.45) is 1.19. The molecule has 10 nitrogen and oxygen atoms in total. The summed E-state index contributed by atoms with van der Waals surface area (Å²) in [6, 6.07) is 3.18. The zero-order chi connectivity index (χ0) is 30.9. The molecule has 4 rings (SSSR count). The number of rotatable bonds is 8. The van der Waals surface area contributed by atoms with Gasteiger partial charge in [0.05, 0.1) is 25.4 Å². The van der Waals surface area contributed by atoms with Gasteiger partial charge in [0.1, 0.15) is 40.6 Å². The van der Waals surface area contributed by atoms with Crippen LogP contribution < -0.4 is 25.0 Å². The van der Waals surface area contributed by atoms with Gasteiger partial charge < -0.3 is 24.6 Å². The van der Waals surface area contributed by atoms with Gasteiger partial charge in [-0.3, -0.25) is 24.7 Å². The van der Waals surface area contributed by atoms with Crippen LogP contribution in [0.25, 0.3) is 0 Å². The molecule has 1 amide bonds. The van der Waals surface area contributed by atoms with Crippen molar-refractivity contribution in [3.05, 3.63) is 68.6 Å². The minimum Gasteiger partial charge on any atom is -0.507 e. The number of nitrogens with one attached hydrogen (secondary N) is 2. The highest BCUT2D eigenvalue weighted by atomic mass is 16.6. The normalized spacial score (nSPS) is 18.1. The number of hydroxylamine groups is 1. The number of phenols is 1. The van der Waals surface area contributed by atoms with E-state index < -0.39 is 22.9 Å². The molecular formula is C32H34N2O8. The summed E-state index contributed by atoms with van der Waals surface area (Å²) in [5, 5.41) is 14.0. The Hall–Kier alpha value is -4.75. The number of phenolic OH excluding ortho intramolecular Hbond substituents is 1.